The van der Waals surface area contributed by atoms with Gasteiger partial charge in [0.15, 0.2) is 0 Å². The highest BCUT2D eigenvalue weighted by molar-refractivity contribution is 6.29. The van der Waals surface area contributed by atoms with E-state index < -0.39 is 0 Å². The highest BCUT2D eigenvalue weighted by atomic mass is 35.5. The Morgan fingerprint density at radius 1 is 0.963 bits per heavy atom. The Bertz CT molecular complexity index is 782. The third-order valence-electron chi connectivity index (χ3n) is 5.18. The van der Waals surface area contributed by atoms with Crippen LogP contribution in [0.4, 0.5) is 11.5 Å². The molecule has 6 nitrogen and oxygen atoms in total. The number of halogens is 1. The normalized spacial score (nSPS) is 17.7. The topological polar surface area (TPSA) is 59.5 Å². The summed E-state index contributed by atoms with van der Waals surface area (Å²) in [5.74, 6) is 3.94. The first-order valence-electron chi connectivity index (χ1n) is 9.43. The Balaban J connectivity index is 1.39. The first kappa shape index (κ1) is 18.2. The lowest BCUT2D eigenvalue weighted by Crippen LogP contribution is -2.39. The van der Waals surface area contributed by atoms with Crippen molar-refractivity contribution in [2.75, 3.05) is 37.5 Å². The highest BCUT2D eigenvalue weighted by Crippen LogP contribution is 2.39. The largest absolute Gasteiger partial charge is 0.497 e. The Labute approximate surface area is 164 Å². The van der Waals surface area contributed by atoms with Crippen molar-refractivity contribution < 1.29 is 9.47 Å². The van der Waals surface area contributed by atoms with Gasteiger partial charge >= 0.3 is 0 Å². The summed E-state index contributed by atoms with van der Waals surface area (Å²) >= 11 is 6.22. The predicted octanol–water partition coefficient (Wildman–Crippen LogP) is 4.11. The summed E-state index contributed by atoms with van der Waals surface area (Å²) in [4.78, 5) is 11.4. The first-order chi connectivity index (χ1) is 13.1. The van der Waals surface area contributed by atoms with Gasteiger partial charge < -0.3 is 19.7 Å². The standard InChI is InChI=1S/C20H25ClN4O2/c1-26-16-9-15(10-17(11-16)27-2)22-14-5-7-25(8-6-14)19-12-18(21)23-20(24-19)13-3-4-13/h9-14,22H,3-8H2,1-2H3. The van der Waals surface area contributed by atoms with Crippen LogP contribution in [0.1, 0.15) is 37.4 Å². The molecule has 1 aliphatic carbocycles. The van der Waals surface area contributed by atoms with Crippen molar-refractivity contribution >= 4 is 23.1 Å². The van der Waals surface area contributed by atoms with Crippen LogP contribution < -0.4 is 19.7 Å². The van der Waals surface area contributed by atoms with Crippen molar-refractivity contribution in [2.45, 2.75) is 37.6 Å². The van der Waals surface area contributed by atoms with E-state index in [1.54, 1.807) is 14.2 Å². The number of ether oxygens (including phenoxy) is 2. The van der Waals surface area contributed by atoms with E-state index in [0.29, 0.717) is 17.1 Å². The van der Waals surface area contributed by atoms with Gasteiger partial charge in [-0.05, 0) is 25.7 Å². The second-order valence-corrected chi connectivity index (χ2v) is 7.58. The number of hydrogen-bond acceptors (Lipinski definition) is 6. The van der Waals surface area contributed by atoms with E-state index in [1.807, 2.05) is 24.3 Å². The van der Waals surface area contributed by atoms with Crippen LogP contribution in [0.5, 0.6) is 11.5 Å². The summed E-state index contributed by atoms with van der Waals surface area (Å²) in [6.07, 6.45) is 4.41. The Morgan fingerprint density at radius 2 is 1.63 bits per heavy atom. The van der Waals surface area contributed by atoms with Gasteiger partial charge in [-0.1, -0.05) is 11.6 Å². The quantitative estimate of drug-likeness (QED) is 0.751. The van der Waals surface area contributed by atoms with E-state index in [-0.39, 0.29) is 0 Å². The second-order valence-electron chi connectivity index (χ2n) is 7.19. The van der Waals surface area contributed by atoms with Gasteiger partial charge in [0.1, 0.15) is 28.3 Å². The fraction of sp³-hybridized carbons (Fsp3) is 0.500. The SMILES string of the molecule is COc1cc(NC2CCN(c3cc(Cl)nc(C4CC4)n3)CC2)cc(OC)c1. The number of rotatable bonds is 6. The van der Waals surface area contributed by atoms with Gasteiger partial charge in [0.25, 0.3) is 0 Å². The number of benzene rings is 1. The van der Waals surface area contributed by atoms with Gasteiger partial charge in [-0.3, -0.25) is 0 Å². The van der Waals surface area contributed by atoms with Crippen LogP contribution in [0, 0.1) is 0 Å². The Morgan fingerprint density at radius 3 is 2.22 bits per heavy atom. The fourth-order valence-corrected chi connectivity index (χ4v) is 3.67. The van der Waals surface area contributed by atoms with E-state index in [1.165, 1.54) is 12.8 Å². The third kappa shape index (κ3) is 4.38. The second kappa shape index (κ2) is 7.80. The minimum atomic E-state index is 0.401. The number of methoxy groups -OCH3 is 2. The molecule has 1 aliphatic heterocycles. The van der Waals surface area contributed by atoms with Gasteiger partial charge in [0, 0.05) is 55.0 Å². The van der Waals surface area contributed by atoms with Crippen LogP contribution in [-0.4, -0.2) is 43.3 Å². The summed E-state index contributed by atoms with van der Waals surface area (Å²) in [7, 11) is 3.33. The van der Waals surface area contributed by atoms with Crippen molar-refractivity contribution in [1.29, 1.82) is 0 Å². The van der Waals surface area contributed by atoms with E-state index in [2.05, 4.69) is 15.2 Å². The van der Waals surface area contributed by atoms with Crippen LogP contribution in [0.3, 0.4) is 0 Å². The lowest BCUT2D eigenvalue weighted by atomic mass is 10.0. The molecule has 0 radical (unpaired) electrons. The molecule has 7 heteroatoms. The summed E-state index contributed by atoms with van der Waals surface area (Å²) in [5, 5.41) is 4.15. The number of anilines is 2. The molecule has 4 rings (SSSR count). The van der Waals surface area contributed by atoms with E-state index in [0.717, 1.165) is 54.8 Å². The molecule has 1 saturated carbocycles. The number of nitrogens with one attached hydrogen (secondary N) is 1. The van der Waals surface area contributed by atoms with Crippen molar-refractivity contribution in [2.24, 2.45) is 0 Å². The molecule has 2 heterocycles. The average molecular weight is 389 g/mol. The molecule has 0 bridgehead atoms. The zero-order chi connectivity index (χ0) is 18.8. The monoisotopic (exact) mass is 388 g/mol. The maximum Gasteiger partial charge on any atom is 0.135 e. The van der Waals surface area contributed by atoms with Crippen molar-refractivity contribution in [1.82, 2.24) is 9.97 Å². The number of nitrogens with zero attached hydrogens (tertiary/aromatic N) is 3. The predicted molar refractivity (Wildman–Crippen MR) is 107 cm³/mol. The third-order valence-corrected chi connectivity index (χ3v) is 5.38. The summed E-state index contributed by atoms with van der Waals surface area (Å²) in [5.41, 5.74) is 1.02. The van der Waals surface area contributed by atoms with Crippen molar-refractivity contribution in [3.05, 3.63) is 35.2 Å². The molecule has 0 atom stereocenters. The van der Waals surface area contributed by atoms with Gasteiger partial charge in [-0.25, -0.2) is 9.97 Å². The lowest BCUT2D eigenvalue weighted by molar-refractivity contribution is 0.394. The molecule has 0 unspecified atom stereocenters. The maximum absolute atomic E-state index is 6.22. The van der Waals surface area contributed by atoms with Crippen molar-refractivity contribution in [3.8, 4) is 11.5 Å². The fourth-order valence-electron chi connectivity index (χ4n) is 3.49. The van der Waals surface area contributed by atoms with Gasteiger partial charge in [-0.15, -0.1) is 0 Å². The molecule has 2 fully saturated rings. The smallest absolute Gasteiger partial charge is 0.135 e. The molecule has 27 heavy (non-hydrogen) atoms. The molecule has 144 valence electrons. The molecule has 1 aromatic heterocycles. The molecule has 2 aromatic rings. The van der Waals surface area contributed by atoms with Crippen LogP contribution in [0.15, 0.2) is 24.3 Å². The molecule has 0 amide bonds. The summed E-state index contributed by atoms with van der Waals surface area (Å²) < 4.78 is 10.7. The average Bonchev–Trinajstić information content (AvgIpc) is 3.53. The molecule has 1 aromatic carbocycles. The Kier molecular flexibility index (Phi) is 5.25. The van der Waals surface area contributed by atoms with E-state index in [4.69, 9.17) is 26.1 Å². The van der Waals surface area contributed by atoms with Gasteiger partial charge in [-0.2, -0.15) is 0 Å². The van der Waals surface area contributed by atoms with Crippen LogP contribution in [-0.2, 0) is 0 Å². The number of aromatic nitrogens is 2. The molecular weight excluding hydrogens is 364 g/mol. The lowest BCUT2D eigenvalue weighted by Gasteiger charge is -2.34. The maximum atomic E-state index is 6.22. The highest BCUT2D eigenvalue weighted by Gasteiger charge is 2.28. The van der Waals surface area contributed by atoms with Crippen LogP contribution in [0.2, 0.25) is 5.15 Å². The van der Waals surface area contributed by atoms with Gasteiger partial charge in [0.2, 0.25) is 0 Å². The molecule has 1 saturated heterocycles. The van der Waals surface area contributed by atoms with Crippen LogP contribution in [0.25, 0.3) is 0 Å². The first-order valence-corrected chi connectivity index (χ1v) is 9.81. The molecular formula is C20H25ClN4O2. The zero-order valence-corrected chi connectivity index (χ0v) is 16.5. The van der Waals surface area contributed by atoms with E-state index >= 15 is 0 Å². The summed E-state index contributed by atoms with van der Waals surface area (Å²) in [6.45, 7) is 1.88. The Hall–Kier alpha value is -2.21. The molecule has 2 aliphatic rings. The van der Waals surface area contributed by atoms with E-state index in [9.17, 15) is 0 Å². The minimum Gasteiger partial charge on any atom is -0.497 e. The van der Waals surface area contributed by atoms with Gasteiger partial charge in [0.05, 0.1) is 14.2 Å². The minimum absolute atomic E-state index is 0.401. The number of hydrogen-bond donors (Lipinski definition) is 1. The molecule has 0 spiro atoms. The van der Waals surface area contributed by atoms with Crippen LogP contribution >= 0.6 is 11.6 Å². The molecule has 1 N–H and O–H groups in total. The zero-order valence-electron chi connectivity index (χ0n) is 15.7. The number of piperidine rings is 1. The summed E-state index contributed by atoms with van der Waals surface area (Å²) in [6, 6.07) is 8.17. The van der Waals surface area contributed by atoms with Crippen molar-refractivity contribution in [3.63, 3.8) is 0 Å².